The predicted octanol–water partition coefficient (Wildman–Crippen LogP) is 4.27. The highest BCUT2D eigenvalue weighted by Crippen LogP contribution is 2.27. The van der Waals surface area contributed by atoms with Crippen LogP contribution >= 0.6 is 0 Å². The number of aromatic hydroxyl groups is 1. The van der Waals surface area contributed by atoms with Crippen molar-refractivity contribution in [3.05, 3.63) is 89.7 Å². The quantitative estimate of drug-likeness (QED) is 0.442. The fraction of sp³-hybridized carbons (Fsp3) is 0.0435. The van der Waals surface area contributed by atoms with Crippen LogP contribution in [0.25, 0.3) is 16.7 Å². The molecule has 0 fully saturated rings. The standard InChI is InChI=1S/C23H17N5O2/c1-14-26-27-23-22(24-17-8-5-9-18(29)13-17)25-19-11-10-16(12-20(19)28(14)23)21(30)15-6-3-2-4-7-15/h2-13,29H,1H3,(H,24,25). The van der Waals surface area contributed by atoms with Crippen LogP contribution in [0.15, 0.2) is 72.8 Å². The number of benzene rings is 3. The van der Waals surface area contributed by atoms with Crippen LogP contribution in [0.5, 0.6) is 5.75 Å². The van der Waals surface area contributed by atoms with Crippen LogP contribution in [0, 0.1) is 6.92 Å². The van der Waals surface area contributed by atoms with Gasteiger partial charge >= 0.3 is 0 Å². The second-order valence-electron chi connectivity index (χ2n) is 6.94. The molecule has 2 N–H and O–H groups in total. The van der Waals surface area contributed by atoms with E-state index in [0.29, 0.717) is 39.6 Å². The van der Waals surface area contributed by atoms with Crippen LogP contribution in [-0.4, -0.2) is 30.5 Å². The molecule has 2 heterocycles. The van der Waals surface area contributed by atoms with E-state index < -0.39 is 0 Å². The van der Waals surface area contributed by atoms with Crippen LogP contribution in [0.1, 0.15) is 21.7 Å². The zero-order valence-corrected chi connectivity index (χ0v) is 16.1. The average molecular weight is 395 g/mol. The molecular formula is C23H17N5O2. The van der Waals surface area contributed by atoms with Crippen molar-refractivity contribution in [3.63, 3.8) is 0 Å². The molecule has 0 saturated carbocycles. The number of nitrogens with one attached hydrogen (secondary N) is 1. The Morgan fingerprint density at radius 3 is 2.57 bits per heavy atom. The van der Waals surface area contributed by atoms with Crippen LogP contribution < -0.4 is 5.32 Å². The first kappa shape index (κ1) is 17.8. The summed E-state index contributed by atoms with van der Waals surface area (Å²) in [4.78, 5) is 17.6. The lowest BCUT2D eigenvalue weighted by Crippen LogP contribution is -2.04. The SMILES string of the molecule is Cc1nnc2c(Nc3cccc(O)c3)nc3ccc(C(=O)c4ccccc4)cc3n12. The molecule has 30 heavy (non-hydrogen) atoms. The second-order valence-corrected chi connectivity index (χ2v) is 6.94. The number of hydrogen-bond acceptors (Lipinski definition) is 6. The molecule has 0 radical (unpaired) electrons. The number of phenolic OH excluding ortho intramolecular Hbond substituents is 1. The molecule has 3 aromatic carbocycles. The first-order valence-corrected chi connectivity index (χ1v) is 9.41. The molecule has 5 rings (SSSR count). The lowest BCUT2D eigenvalue weighted by atomic mass is 10.0. The van der Waals surface area contributed by atoms with Gasteiger partial charge in [-0.25, -0.2) is 4.98 Å². The minimum Gasteiger partial charge on any atom is -0.508 e. The van der Waals surface area contributed by atoms with Crippen molar-refractivity contribution >= 4 is 34.0 Å². The number of phenols is 1. The van der Waals surface area contributed by atoms with Gasteiger partial charge in [-0.2, -0.15) is 0 Å². The van der Waals surface area contributed by atoms with Gasteiger partial charge in [-0.15, -0.1) is 10.2 Å². The van der Waals surface area contributed by atoms with Crippen LogP contribution in [0.3, 0.4) is 0 Å². The number of nitrogens with zero attached hydrogens (tertiary/aromatic N) is 4. The van der Waals surface area contributed by atoms with Crippen LogP contribution in [0.4, 0.5) is 11.5 Å². The lowest BCUT2D eigenvalue weighted by Gasteiger charge is -2.11. The van der Waals surface area contributed by atoms with Gasteiger partial charge in [-0.1, -0.05) is 36.4 Å². The van der Waals surface area contributed by atoms with Crippen LogP contribution in [-0.2, 0) is 0 Å². The average Bonchev–Trinajstić information content (AvgIpc) is 3.16. The van der Waals surface area contributed by atoms with E-state index in [-0.39, 0.29) is 11.5 Å². The second kappa shape index (κ2) is 6.97. The minimum absolute atomic E-state index is 0.0571. The van der Waals surface area contributed by atoms with Gasteiger partial charge in [0.15, 0.2) is 11.6 Å². The Morgan fingerprint density at radius 1 is 0.933 bits per heavy atom. The molecule has 0 unspecified atom stereocenters. The largest absolute Gasteiger partial charge is 0.508 e. The molecule has 0 saturated heterocycles. The fourth-order valence-electron chi connectivity index (χ4n) is 3.47. The highest BCUT2D eigenvalue weighted by Gasteiger charge is 2.16. The van der Waals surface area contributed by atoms with Gasteiger partial charge in [0.1, 0.15) is 11.6 Å². The third-order valence-electron chi connectivity index (χ3n) is 4.89. The number of fused-ring (bicyclic) bond motifs is 3. The number of aromatic nitrogens is 4. The third-order valence-corrected chi connectivity index (χ3v) is 4.89. The Labute approximate surface area is 171 Å². The first-order chi connectivity index (χ1) is 14.6. The molecular weight excluding hydrogens is 378 g/mol. The maximum Gasteiger partial charge on any atom is 0.204 e. The highest BCUT2D eigenvalue weighted by molar-refractivity contribution is 6.10. The number of carbonyl (C=O) groups excluding carboxylic acids is 1. The van der Waals surface area contributed by atoms with Crippen LogP contribution in [0.2, 0.25) is 0 Å². The Bertz CT molecular complexity index is 1410. The van der Waals surface area contributed by atoms with E-state index in [1.165, 1.54) is 0 Å². The molecule has 0 aliphatic carbocycles. The zero-order chi connectivity index (χ0) is 20.7. The van der Waals surface area contributed by atoms with Crippen molar-refractivity contribution in [3.8, 4) is 5.75 Å². The maximum absolute atomic E-state index is 12.9. The van der Waals surface area contributed by atoms with Gasteiger partial charge in [0, 0.05) is 22.9 Å². The van der Waals surface area contributed by atoms with E-state index in [4.69, 9.17) is 0 Å². The van der Waals surface area contributed by atoms with Gasteiger partial charge in [0.25, 0.3) is 0 Å². The van der Waals surface area contributed by atoms with Crippen molar-refractivity contribution in [2.24, 2.45) is 0 Å². The summed E-state index contributed by atoms with van der Waals surface area (Å²) < 4.78 is 1.87. The summed E-state index contributed by atoms with van der Waals surface area (Å²) in [5.74, 6) is 1.29. The summed E-state index contributed by atoms with van der Waals surface area (Å²) in [6.07, 6.45) is 0. The van der Waals surface area contributed by atoms with E-state index in [2.05, 4.69) is 20.5 Å². The first-order valence-electron chi connectivity index (χ1n) is 9.41. The molecule has 0 amide bonds. The molecule has 0 atom stereocenters. The molecule has 0 aliphatic heterocycles. The summed E-state index contributed by atoms with van der Waals surface area (Å²) in [5.41, 5.74) is 3.85. The molecule has 7 nitrogen and oxygen atoms in total. The minimum atomic E-state index is -0.0571. The van der Waals surface area contributed by atoms with Crippen molar-refractivity contribution < 1.29 is 9.90 Å². The molecule has 2 aromatic heterocycles. The lowest BCUT2D eigenvalue weighted by molar-refractivity contribution is 0.103. The van der Waals surface area contributed by atoms with E-state index in [9.17, 15) is 9.90 Å². The van der Waals surface area contributed by atoms with E-state index in [1.807, 2.05) is 47.7 Å². The smallest absolute Gasteiger partial charge is 0.204 e. The van der Waals surface area contributed by atoms with Gasteiger partial charge in [0.2, 0.25) is 5.65 Å². The predicted molar refractivity (Wildman–Crippen MR) is 114 cm³/mol. The summed E-state index contributed by atoms with van der Waals surface area (Å²) in [6.45, 7) is 1.85. The Morgan fingerprint density at radius 2 is 1.77 bits per heavy atom. The molecule has 0 bridgehead atoms. The summed E-state index contributed by atoms with van der Waals surface area (Å²) >= 11 is 0. The number of rotatable bonds is 4. The molecule has 0 spiro atoms. The number of anilines is 2. The Balaban J connectivity index is 1.66. The summed E-state index contributed by atoms with van der Waals surface area (Å²) in [7, 11) is 0. The number of carbonyl (C=O) groups is 1. The Kier molecular flexibility index (Phi) is 4.14. The Hall–Kier alpha value is -4.26. The van der Waals surface area contributed by atoms with Crippen molar-refractivity contribution in [1.29, 1.82) is 0 Å². The van der Waals surface area contributed by atoms with Gasteiger partial charge < -0.3 is 10.4 Å². The van der Waals surface area contributed by atoms with Gasteiger partial charge in [0.05, 0.1) is 11.0 Å². The highest BCUT2D eigenvalue weighted by atomic mass is 16.3. The maximum atomic E-state index is 12.9. The van der Waals surface area contributed by atoms with Crippen molar-refractivity contribution in [1.82, 2.24) is 19.6 Å². The van der Waals surface area contributed by atoms with Gasteiger partial charge in [-0.05, 0) is 37.3 Å². The fourth-order valence-corrected chi connectivity index (χ4v) is 3.47. The van der Waals surface area contributed by atoms with E-state index >= 15 is 0 Å². The zero-order valence-electron chi connectivity index (χ0n) is 16.1. The van der Waals surface area contributed by atoms with E-state index in [0.717, 1.165) is 5.52 Å². The summed E-state index contributed by atoms with van der Waals surface area (Å²) in [6, 6.07) is 21.3. The van der Waals surface area contributed by atoms with Crippen molar-refractivity contribution in [2.75, 3.05) is 5.32 Å². The number of ketones is 1. The number of aryl methyl sites for hydroxylation is 1. The molecule has 0 aliphatic rings. The topological polar surface area (TPSA) is 92.4 Å². The number of hydrogen-bond donors (Lipinski definition) is 2. The normalized spacial score (nSPS) is 11.1. The van der Waals surface area contributed by atoms with Crippen molar-refractivity contribution in [2.45, 2.75) is 6.92 Å². The van der Waals surface area contributed by atoms with E-state index in [1.54, 1.807) is 36.4 Å². The van der Waals surface area contributed by atoms with Gasteiger partial charge in [-0.3, -0.25) is 9.20 Å². The third kappa shape index (κ3) is 3.02. The monoisotopic (exact) mass is 395 g/mol. The summed E-state index contributed by atoms with van der Waals surface area (Å²) in [5, 5.41) is 21.4. The molecule has 146 valence electrons. The molecule has 5 aromatic rings. The molecule has 7 heteroatoms.